The highest BCUT2D eigenvalue weighted by atomic mass is 31.2. The summed E-state index contributed by atoms with van der Waals surface area (Å²) in [6.45, 7) is -0.665. The molecule has 0 saturated carbocycles. The van der Waals surface area contributed by atoms with Crippen molar-refractivity contribution in [2.24, 2.45) is 5.73 Å². The number of hydrogen-bond donors (Lipinski definition) is 4. The van der Waals surface area contributed by atoms with E-state index >= 15 is 0 Å². The van der Waals surface area contributed by atoms with Crippen LogP contribution in [0, 0.1) is 0 Å². The molecular weight excluding hydrogens is 319 g/mol. The Morgan fingerprint density at radius 1 is 1.50 bits per heavy atom. The van der Waals surface area contributed by atoms with E-state index in [1.807, 2.05) is 0 Å². The number of pyridine rings is 1. The van der Waals surface area contributed by atoms with Gasteiger partial charge in [0.1, 0.15) is 17.8 Å². The summed E-state index contributed by atoms with van der Waals surface area (Å²) < 4.78 is 21.3. The Labute approximate surface area is 124 Å². The third kappa shape index (κ3) is 3.87. The molecule has 2 rings (SSSR count). The number of phosphoric ester groups is 1. The summed E-state index contributed by atoms with van der Waals surface area (Å²) in [7, 11) is -4.97. The largest absolute Gasteiger partial charge is 0.756 e. The minimum Gasteiger partial charge on any atom is -0.756 e. The molecule has 1 amide bonds. The first kappa shape index (κ1) is 17.0. The van der Waals surface area contributed by atoms with Gasteiger partial charge in [0.25, 0.3) is 20.0 Å². The van der Waals surface area contributed by atoms with E-state index in [-0.39, 0.29) is 5.56 Å². The summed E-state index contributed by atoms with van der Waals surface area (Å²) in [4.78, 5) is 30.2. The van der Waals surface area contributed by atoms with E-state index in [4.69, 9.17) is 15.4 Å². The summed E-state index contributed by atoms with van der Waals surface area (Å²) >= 11 is 0. The SMILES string of the molecule is NC(=O)c1ccc[n+]([C@@H]2OC(COP(=O)([O-])O)[C@@H](O)[C@H]2O)c1. The first-order valence-corrected chi connectivity index (χ1v) is 7.69. The van der Waals surface area contributed by atoms with Gasteiger partial charge in [-0.05, 0) is 6.07 Å². The van der Waals surface area contributed by atoms with Crippen molar-refractivity contribution >= 4 is 13.7 Å². The lowest BCUT2D eigenvalue weighted by molar-refractivity contribution is -0.765. The van der Waals surface area contributed by atoms with Crippen molar-refractivity contribution in [1.82, 2.24) is 0 Å². The molecule has 122 valence electrons. The Hall–Kier alpha value is -1.39. The predicted octanol–water partition coefficient (Wildman–Crippen LogP) is -2.83. The Kier molecular flexibility index (Phi) is 4.93. The second-order valence-electron chi connectivity index (χ2n) is 4.71. The van der Waals surface area contributed by atoms with Crippen LogP contribution in [0.2, 0.25) is 0 Å². The first-order chi connectivity index (χ1) is 10.2. The summed E-state index contributed by atoms with van der Waals surface area (Å²) in [6, 6.07) is 2.95. The maximum absolute atomic E-state index is 11.1. The van der Waals surface area contributed by atoms with Gasteiger partial charge in [0, 0.05) is 6.07 Å². The molecule has 1 fully saturated rings. The van der Waals surface area contributed by atoms with Crippen LogP contribution < -0.4 is 15.2 Å². The standard InChI is InChI=1S/C11H15N2O8P/c12-10(16)6-2-1-3-13(4-6)11-9(15)8(14)7(21-11)5-20-22(17,18)19/h1-4,7-9,11,14-15H,5H2,(H3-,12,16,17,18,19)/t7?,8-,9-,11-/m1/s1. The van der Waals surface area contributed by atoms with Crippen molar-refractivity contribution in [3.8, 4) is 0 Å². The number of aliphatic hydroxyl groups excluding tert-OH is 2. The number of rotatable bonds is 5. The van der Waals surface area contributed by atoms with Crippen molar-refractivity contribution in [2.45, 2.75) is 24.5 Å². The monoisotopic (exact) mass is 334 g/mol. The molecule has 11 heteroatoms. The third-order valence-electron chi connectivity index (χ3n) is 3.14. The normalized spacial score (nSPS) is 30.9. The minimum atomic E-state index is -4.97. The van der Waals surface area contributed by atoms with Gasteiger partial charge in [0.15, 0.2) is 18.5 Å². The summed E-state index contributed by atoms with van der Waals surface area (Å²) in [6.07, 6.45) is -2.31. The fraction of sp³-hybridized carbons (Fsp3) is 0.455. The average molecular weight is 334 g/mol. The number of ether oxygens (including phenoxy) is 1. The molecule has 22 heavy (non-hydrogen) atoms. The van der Waals surface area contributed by atoms with E-state index in [9.17, 15) is 24.5 Å². The van der Waals surface area contributed by atoms with Crippen LogP contribution in [-0.2, 0) is 13.8 Å². The lowest BCUT2D eigenvalue weighted by Crippen LogP contribution is -2.46. The highest BCUT2D eigenvalue weighted by Crippen LogP contribution is 2.33. The van der Waals surface area contributed by atoms with E-state index in [0.29, 0.717) is 0 Å². The number of aliphatic hydroxyl groups is 2. The quantitative estimate of drug-likeness (QED) is 0.330. The van der Waals surface area contributed by atoms with Crippen molar-refractivity contribution < 1.29 is 43.2 Å². The molecule has 0 aromatic carbocycles. The molecular formula is C11H15N2O8P. The average Bonchev–Trinajstić information content (AvgIpc) is 2.72. The van der Waals surface area contributed by atoms with Gasteiger partial charge in [-0.25, -0.2) is 0 Å². The van der Waals surface area contributed by atoms with Gasteiger partial charge >= 0.3 is 0 Å². The van der Waals surface area contributed by atoms with Crippen molar-refractivity contribution in [2.75, 3.05) is 6.61 Å². The van der Waals surface area contributed by atoms with Crippen LogP contribution in [0.25, 0.3) is 0 Å². The maximum atomic E-state index is 11.1. The Bertz CT molecular complexity index is 606. The second kappa shape index (κ2) is 6.39. The highest BCUT2D eigenvalue weighted by Gasteiger charge is 2.48. The molecule has 2 unspecified atom stereocenters. The van der Waals surface area contributed by atoms with Gasteiger partial charge in [-0.3, -0.25) is 9.36 Å². The first-order valence-electron chi connectivity index (χ1n) is 6.19. The van der Waals surface area contributed by atoms with Gasteiger partial charge < -0.3 is 35.0 Å². The summed E-state index contributed by atoms with van der Waals surface area (Å²) in [5.41, 5.74) is 5.31. The van der Waals surface area contributed by atoms with E-state index in [1.54, 1.807) is 0 Å². The van der Waals surface area contributed by atoms with E-state index in [0.717, 1.165) is 0 Å². The number of primary amides is 1. The molecule has 0 aliphatic carbocycles. The number of phosphoric acid groups is 1. The minimum absolute atomic E-state index is 0.159. The second-order valence-corrected chi connectivity index (χ2v) is 5.91. The van der Waals surface area contributed by atoms with Crippen LogP contribution in [0.5, 0.6) is 0 Å². The molecule has 0 radical (unpaired) electrons. The molecule has 2 heterocycles. The summed E-state index contributed by atoms with van der Waals surface area (Å²) in [5.74, 6) is -0.685. The zero-order valence-electron chi connectivity index (χ0n) is 11.2. The van der Waals surface area contributed by atoms with E-state index in [1.165, 1.54) is 29.1 Å². The Morgan fingerprint density at radius 2 is 2.18 bits per heavy atom. The van der Waals surface area contributed by atoms with E-state index in [2.05, 4.69) is 4.52 Å². The zero-order valence-corrected chi connectivity index (χ0v) is 12.1. The van der Waals surface area contributed by atoms with Gasteiger partial charge in [-0.15, -0.1) is 0 Å². The van der Waals surface area contributed by atoms with Gasteiger partial charge in [-0.1, -0.05) is 0 Å². The third-order valence-corrected chi connectivity index (χ3v) is 3.62. The van der Waals surface area contributed by atoms with Crippen LogP contribution in [-0.4, -0.2) is 45.9 Å². The van der Waals surface area contributed by atoms with Crippen molar-refractivity contribution in [1.29, 1.82) is 0 Å². The molecule has 0 spiro atoms. The van der Waals surface area contributed by atoms with Gasteiger partial charge in [-0.2, -0.15) is 4.57 Å². The highest BCUT2D eigenvalue weighted by molar-refractivity contribution is 7.44. The summed E-state index contributed by atoms with van der Waals surface area (Å²) in [5, 5.41) is 19.8. The lowest BCUT2D eigenvalue weighted by atomic mass is 10.1. The Balaban J connectivity index is 2.14. The topological polar surface area (TPSA) is 166 Å². The molecule has 1 aliphatic rings. The Morgan fingerprint density at radius 3 is 2.77 bits per heavy atom. The van der Waals surface area contributed by atoms with Crippen molar-refractivity contribution in [3.63, 3.8) is 0 Å². The lowest BCUT2D eigenvalue weighted by Gasteiger charge is -2.19. The van der Waals surface area contributed by atoms with E-state index < -0.39 is 44.9 Å². The van der Waals surface area contributed by atoms with Crippen LogP contribution in [0.1, 0.15) is 16.6 Å². The van der Waals surface area contributed by atoms with Crippen molar-refractivity contribution in [3.05, 3.63) is 30.1 Å². The maximum Gasteiger partial charge on any atom is 0.292 e. The predicted molar refractivity (Wildman–Crippen MR) is 66.9 cm³/mol. The molecule has 10 nitrogen and oxygen atoms in total. The molecule has 5 N–H and O–H groups in total. The van der Waals surface area contributed by atoms with Crippen LogP contribution in [0.15, 0.2) is 24.5 Å². The molecule has 5 atom stereocenters. The molecule has 1 aromatic heterocycles. The zero-order chi connectivity index (χ0) is 16.5. The molecule has 1 saturated heterocycles. The molecule has 1 aromatic rings. The molecule has 1 aliphatic heterocycles. The number of nitrogens with two attached hydrogens (primary N) is 1. The number of amides is 1. The number of hydrogen-bond acceptors (Lipinski definition) is 7. The number of aromatic nitrogens is 1. The van der Waals surface area contributed by atoms with Crippen LogP contribution >= 0.6 is 7.82 Å². The number of carbonyl (C=O) groups excluding carboxylic acids is 1. The van der Waals surface area contributed by atoms with Crippen LogP contribution in [0.3, 0.4) is 0 Å². The number of carbonyl (C=O) groups is 1. The smallest absolute Gasteiger partial charge is 0.292 e. The van der Waals surface area contributed by atoms with Gasteiger partial charge in [0.2, 0.25) is 0 Å². The number of nitrogens with zero attached hydrogens (tertiary/aromatic N) is 1. The van der Waals surface area contributed by atoms with Gasteiger partial charge in [0.05, 0.1) is 6.61 Å². The fourth-order valence-corrected chi connectivity index (χ4v) is 2.41. The fourth-order valence-electron chi connectivity index (χ4n) is 2.08. The molecule has 0 bridgehead atoms. The van der Waals surface area contributed by atoms with Crippen LogP contribution in [0.4, 0.5) is 0 Å².